The summed E-state index contributed by atoms with van der Waals surface area (Å²) >= 11 is 3.03. The topological polar surface area (TPSA) is 71.1 Å². The lowest BCUT2D eigenvalue weighted by atomic mass is 10.2. The highest BCUT2D eigenvalue weighted by atomic mass is 32.1. The zero-order chi connectivity index (χ0) is 15.8. The number of nitrogens with zero attached hydrogens (tertiary/aromatic N) is 1. The van der Waals surface area contributed by atoms with E-state index in [1.54, 1.807) is 17.4 Å². The van der Waals surface area contributed by atoms with Crippen molar-refractivity contribution in [3.63, 3.8) is 0 Å². The first-order valence-electron chi connectivity index (χ1n) is 7.14. The van der Waals surface area contributed by atoms with Gasteiger partial charge in [0.25, 0.3) is 5.91 Å². The van der Waals surface area contributed by atoms with Crippen LogP contribution in [-0.4, -0.2) is 29.9 Å². The summed E-state index contributed by atoms with van der Waals surface area (Å²) in [6.07, 6.45) is 1.81. The largest absolute Gasteiger partial charge is 0.356 e. The van der Waals surface area contributed by atoms with Gasteiger partial charge >= 0.3 is 0 Å². The molecule has 0 saturated carbocycles. The second-order valence-electron chi connectivity index (χ2n) is 4.79. The van der Waals surface area contributed by atoms with Crippen molar-refractivity contribution in [2.24, 2.45) is 0 Å². The maximum atomic E-state index is 11.7. The lowest BCUT2D eigenvalue weighted by molar-refractivity contribution is -0.121. The summed E-state index contributed by atoms with van der Waals surface area (Å²) in [7, 11) is 0. The monoisotopic (exact) mass is 337 g/mol. The van der Waals surface area contributed by atoms with E-state index in [1.807, 2.05) is 23.8 Å². The van der Waals surface area contributed by atoms with Crippen LogP contribution < -0.4 is 10.6 Å². The molecule has 0 bridgehead atoms. The van der Waals surface area contributed by atoms with E-state index in [1.165, 1.54) is 11.3 Å². The van der Waals surface area contributed by atoms with Gasteiger partial charge in [-0.15, -0.1) is 22.7 Å². The number of rotatable bonds is 8. The van der Waals surface area contributed by atoms with E-state index in [0.29, 0.717) is 30.8 Å². The number of thiazole rings is 1. The van der Waals surface area contributed by atoms with E-state index in [-0.39, 0.29) is 11.8 Å². The van der Waals surface area contributed by atoms with E-state index < -0.39 is 0 Å². The molecule has 2 aromatic heterocycles. The molecule has 118 valence electrons. The summed E-state index contributed by atoms with van der Waals surface area (Å²) < 4.78 is 0. The van der Waals surface area contributed by atoms with E-state index in [2.05, 4.69) is 15.6 Å². The third-order valence-corrected chi connectivity index (χ3v) is 4.67. The first-order chi connectivity index (χ1) is 10.6. The Morgan fingerprint density at radius 2 is 2.09 bits per heavy atom. The number of aromatic nitrogens is 1. The van der Waals surface area contributed by atoms with Crippen LogP contribution in [0, 0.1) is 6.92 Å². The fourth-order valence-electron chi connectivity index (χ4n) is 1.89. The first kappa shape index (κ1) is 16.6. The van der Waals surface area contributed by atoms with Gasteiger partial charge in [-0.25, -0.2) is 4.98 Å². The van der Waals surface area contributed by atoms with Crippen LogP contribution in [0.5, 0.6) is 0 Å². The summed E-state index contributed by atoms with van der Waals surface area (Å²) in [5.41, 5.74) is 1.02. The van der Waals surface area contributed by atoms with Gasteiger partial charge in [-0.05, 0) is 24.8 Å². The molecular weight excluding hydrogens is 318 g/mol. The van der Waals surface area contributed by atoms with Crippen molar-refractivity contribution >= 4 is 34.5 Å². The van der Waals surface area contributed by atoms with Crippen molar-refractivity contribution in [2.45, 2.75) is 26.2 Å². The average molecular weight is 337 g/mol. The van der Waals surface area contributed by atoms with E-state index in [4.69, 9.17) is 0 Å². The van der Waals surface area contributed by atoms with Crippen molar-refractivity contribution in [1.29, 1.82) is 0 Å². The van der Waals surface area contributed by atoms with Crippen LogP contribution in [0.15, 0.2) is 22.9 Å². The zero-order valence-corrected chi connectivity index (χ0v) is 14.1. The van der Waals surface area contributed by atoms with E-state index in [9.17, 15) is 9.59 Å². The average Bonchev–Trinajstić information content (AvgIpc) is 3.15. The van der Waals surface area contributed by atoms with Gasteiger partial charge in [-0.3, -0.25) is 9.59 Å². The highest BCUT2D eigenvalue weighted by Gasteiger charge is 2.06. The van der Waals surface area contributed by atoms with Crippen LogP contribution in [-0.2, 0) is 11.2 Å². The third kappa shape index (κ3) is 5.57. The lowest BCUT2D eigenvalue weighted by Gasteiger charge is -2.05. The van der Waals surface area contributed by atoms with Crippen LogP contribution in [0.25, 0.3) is 0 Å². The molecule has 2 amide bonds. The normalized spacial score (nSPS) is 10.4. The van der Waals surface area contributed by atoms with Crippen LogP contribution in [0.1, 0.15) is 33.2 Å². The zero-order valence-electron chi connectivity index (χ0n) is 12.4. The smallest absolute Gasteiger partial charge is 0.261 e. The molecular formula is C15H19N3O2S2. The Bertz CT molecular complexity index is 608. The van der Waals surface area contributed by atoms with Gasteiger partial charge < -0.3 is 10.6 Å². The summed E-state index contributed by atoms with van der Waals surface area (Å²) in [4.78, 5) is 28.4. The predicted octanol–water partition coefficient (Wildman–Crippen LogP) is 2.38. The molecule has 0 spiro atoms. The van der Waals surface area contributed by atoms with Gasteiger partial charge in [0.05, 0.1) is 15.6 Å². The van der Waals surface area contributed by atoms with Crippen molar-refractivity contribution in [3.8, 4) is 0 Å². The number of nitrogens with one attached hydrogen (secondary N) is 2. The Balaban J connectivity index is 1.53. The number of thiophene rings is 1. The molecule has 0 aliphatic carbocycles. The van der Waals surface area contributed by atoms with Gasteiger partial charge in [0.2, 0.25) is 5.91 Å². The van der Waals surface area contributed by atoms with Gasteiger partial charge in [0, 0.05) is 31.3 Å². The van der Waals surface area contributed by atoms with Crippen molar-refractivity contribution in [1.82, 2.24) is 15.6 Å². The quantitative estimate of drug-likeness (QED) is 0.727. The highest BCUT2D eigenvalue weighted by Crippen LogP contribution is 2.08. The first-order valence-corrected chi connectivity index (χ1v) is 8.90. The second kappa shape index (κ2) is 8.65. The maximum Gasteiger partial charge on any atom is 0.261 e. The molecule has 22 heavy (non-hydrogen) atoms. The number of aryl methyl sites for hydroxylation is 1. The van der Waals surface area contributed by atoms with Crippen molar-refractivity contribution < 1.29 is 9.59 Å². The predicted molar refractivity (Wildman–Crippen MR) is 89.5 cm³/mol. The maximum absolute atomic E-state index is 11.7. The molecule has 2 N–H and O–H groups in total. The van der Waals surface area contributed by atoms with Gasteiger partial charge in [0.1, 0.15) is 0 Å². The summed E-state index contributed by atoms with van der Waals surface area (Å²) in [6.45, 7) is 3.08. The summed E-state index contributed by atoms with van der Waals surface area (Å²) in [6, 6.07) is 3.63. The van der Waals surface area contributed by atoms with Crippen LogP contribution in [0.4, 0.5) is 0 Å². The number of carbonyl (C=O) groups excluding carboxylic acids is 2. The van der Waals surface area contributed by atoms with Crippen molar-refractivity contribution in [2.75, 3.05) is 13.1 Å². The minimum atomic E-state index is -0.0747. The molecule has 0 fully saturated rings. The number of carbonyl (C=O) groups is 2. The number of hydrogen-bond acceptors (Lipinski definition) is 5. The Morgan fingerprint density at radius 3 is 2.77 bits per heavy atom. The van der Waals surface area contributed by atoms with Crippen molar-refractivity contribution in [3.05, 3.63) is 38.5 Å². The lowest BCUT2D eigenvalue weighted by Crippen LogP contribution is -2.28. The molecule has 0 aliphatic heterocycles. The van der Waals surface area contributed by atoms with Gasteiger partial charge in [0.15, 0.2) is 0 Å². The van der Waals surface area contributed by atoms with E-state index >= 15 is 0 Å². The number of amides is 2. The molecule has 7 heteroatoms. The Labute approximate surface area is 137 Å². The molecule has 2 aromatic rings. The van der Waals surface area contributed by atoms with E-state index in [0.717, 1.165) is 17.1 Å². The van der Waals surface area contributed by atoms with Crippen LogP contribution in [0.3, 0.4) is 0 Å². The molecule has 0 unspecified atom stereocenters. The van der Waals surface area contributed by atoms with Gasteiger partial charge in [-0.2, -0.15) is 0 Å². The molecule has 2 rings (SSSR count). The molecule has 2 heterocycles. The molecule has 0 saturated heterocycles. The Hall–Kier alpha value is -1.73. The van der Waals surface area contributed by atoms with Crippen LogP contribution >= 0.6 is 22.7 Å². The molecule has 0 aliphatic rings. The molecule has 0 radical (unpaired) electrons. The SMILES string of the molecule is Cc1nc(CCNC(=O)CCCNC(=O)c2cccs2)cs1. The Morgan fingerprint density at radius 1 is 1.23 bits per heavy atom. The third-order valence-electron chi connectivity index (χ3n) is 2.98. The molecule has 0 aromatic carbocycles. The highest BCUT2D eigenvalue weighted by molar-refractivity contribution is 7.12. The molecule has 0 atom stereocenters. The fraction of sp³-hybridized carbons (Fsp3) is 0.400. The van der Waals surface area contributed by atoms with Crippen LogP contribution in [0.2, 0.25) is 0 Å². The van der Waals surface area contributed by atoms with Gasteiger partial charge in [-0.1, -0.05) is 6.07 Å². The summed E-state index contributed by atoms with van der Waals surface area (Å²) in [5.74, 6) is -0.0633. The minimum absolute atomic E-state index is 0.0114. The summed E-state index contributed by atoms with van der Waals surface area (Å²) in [5, 5.41) is 10.6. The standard InChI is InChI=1S/C15H19N3O2S2/c1-11-18-12(10-22-11)6-8-16-14(19)5-2-7-17-15(20)13-4-3-9-21-13/h3-4,9-10H,2,5-8H2,1H3,(H,16,19)(H,17,20). The minimum Gasteiger partial charge on any atom is -0.356 e. The Kier molecular flexibility index (Phi) is 6.54. The second-order valence-corrected chi connectivity index (χ2v) is 6.80. The molecule has 5 nitrogen and oxygen atoms in total. The number of hydrogen-bond donors (Lipinski definition) is 2. The fourth-order valence-corrected chi connectivity index (χ4v) is 3.17.